The van der Waals surface area contributed by atoms with Crippen LogP contribution in [-0.4, -0.2) is 66.0 Å². The summed E-state index contributed by atoms with van der Waals surface area (Å²) in [5.74, 6) is -0.0913. The van der Waals surface area contributed by atoms with Gasteiger partial charge in [-0.25, -0.2) is 4.98 Å². The number of halogens is 2. The van der Waals surface area contributed by atoms with Crippen LogP contribution < -0.4 is 36.5 Å². The van der Waals surface area contributed by atoms with Gasteiger partial charge in [0.25, 0.3) is 5.91 Å². The van der Waals surface area contributed by atoms with E-state index in [2.05, 4.69) is 31.2 Å². The molecule has 1 aliphatic rings. The molecule has 1 fully saturated rings. The number of carbonyl (C=O) groups is 3. The molecule has 0 aliphatic carbocycles. The predicted octanol–water partition coefficient (Wildman–Crippen LogP) is 3.73. The number of carbonyl (C=O) groups excluding carboxylic acids is 3. The van der Waals surface area contributed by atoms with Crippen molar-refractivity contribution in [3.8, 4) is 34.1 Å². The van der Waals surface area contributed by atoms with Gasteiger partial charge in [-0.05, 0) is 24.6 Å². The van der Waals surface area contributed by atoms with Gasteiger partial charge in [0.2, 0.25) is 17.7 Å². The third-order valence-corrected chi connectivity index (χ3v) is 8.39. The molecule has 48 heavy (non-hydrogen) atoms. The summed E-state index contributed by atoms with van der Waals surface area (Å²) in [5, 5.41) is 12.5. The average molecular weight is 694 g/mol. The van der Waals surface area contributed by atoms with Crippen molar-refractivity contribution < 1.29 is 23.9 Å². The third-order valence-electron chi connectivity index (χ3n) is 7.60. The highest BCUT2D eigenvalue weighted by Gasteiger charge is 2.22. The number of hydrogen-bond acceptors (Lipinski definition) is 10. The molecule has 13 nitrogen and oxygen atoms in total. The molecular weight excluding hydrogens is 659 g/mol. The van der Waals surface area contributed by atoms with E-state index in [-0.39, 0.29) is 35.8 Å². The molecule has 6 N–H and O–H groups in total. The lowest BCUT2D eigenvalue weighted by atomic mass is 10.1. The lowest BCUT2D eigenvalue weighted by Gasteiger charge is -2.15. The zero-order chi connectivity index (χ0) is 34.2. The maximum Gasteiger partial charge on any atom is 0.274 e. The number of amides is 3. The number of nitrogens with zero attached hydrogens (tertiary/aromatic N) is 3. The summed E-state index contributed by atoms with van der Waals surface area (Å²) in [5.41, 5.74) is 9.16. The Balaban J connectivity index is 1.33. The van der Waals surface area contributed by atoms with Crippen LogP contribution in [0.1, 0.15) is 34.5 Å². The van der Waals surface area contributed by atoms with E-state index < -0.39 is 11.8 Å². The van der Waals surface area contributed by atoms with Crippen molar-refractivity contribution in [2.24, 2.45) is 5.73 Å². The fourth-order valence-electron chi connectivity index (χ4n) is 5.20. The van der Waals surface area contributed by atoms with Crippen LogP contribution in [0.2, 0.25) is 10.0 Å². The van der Waals surface area contributed by atoms with Crippen molar-refractivity contribution in [1.29, 1.82) is 0 Å². The first-order valence-electron chi connectivity index (χ1n) is 15.0. The highest BCUT2D eigenvalue weighted by atomic mass is 35.5. The third kappa shape index (κ3) is 8.17. The Labute approximate surface area is 286 Å². The van der Waals surface area contributed by atoms with E-state index in [1.165, 1.54) is 19.4 Å². The first-order valence-corrected chi connectivity index (χ1v) is 15.7. The minimum Gasteiger partial charge on any atom is -0.496 e. The first-order chi connectivity index (χ1) is 23.2. The van der Waals surface area contributed by atoms with Gasteiger partial charge < -0.3 is 36.5 Å². The van der Waals surface area contributed by atoms with Gasteiger partial charge in [-0.2, -0.15) is 0 Å². The van der Waals surface area contributed by atoms with Gasteiger partial charge in [0, 0.05) is 72.8 Å². The topological polar surface area (TPSA) is 182 Å². The Morgan fingerprint density at radius 1 is 1.00 bits per heavy atom. The molecule has 4 aromatic rings. The molecule has 0 spiro atoms. The monoisotopic (exact) mass is 692 g/mol. The Kier molecular flexibility index (Phi) is 11.4. The van der Waals surface area contributed by atoms with Crippen LogP contribution in [0.15, 0.2) is 54.9 Å². The summed E-state index contributed by atoms with van der Waals surface area (Å²) >= 11 is 13.7. The summed E-state index contributed by atoms with van der Waals surface area (Å²) in [6.45, 7) is 1.41. The molecule has 0 saturated carbocycles. The quantitative estimate of drug-likeness (QED) is 0.131. The number of benzene rings is 1. The van der Waals surface area contributed by atoms with E-state index >= 15 is 0 Å². The summed E-state index contributed by atoms with van der Waals surface area (Å²) in [4.78, 5) is 49.1. The summed E-state index contributed by atoms with van der Waals surface area (Å²) in [6.07, 6.45) is 4.45. The second kappa shape index (κ2) is 15.8. The average Bonchev–Trinajstić information content (AvgIpc) is 3.50. The van der Waals surface area contributed by atoms with Gasteiger partial charge in [0.05, 0.1) is 47.9 Å². The largest absolute Gasteiger partial charge is 0.496 e. The van der Waals surface area contributed by atoms with Crippen molar-refractivity contribution in [3.63, 3.8) is 0 Å². The molecule has 250 valence electrons. The van der Waals surface area contributed by atoms with Crippen LogP contribution in [0, 0.1) is 0 Å². The smallest absolute Gasteiger partial charge is 0.274 e. The molecule has 1 aromatic carbocycles. The fourth-order valence-corrected chi connectivity index (χ4v) is 5.77. The predicted molar refractivity (Wildman–Crippen MR) is 182 cm³/mol. The van der Waals surface area contributed by atoms with Crippen LogP contribution in [0.25, 0.3) is 22.5 Å². The number of ether oxygens (including phenoxy) is 2. The highest BCUT2D eigenvalue weighted by Crippen LogP contribution is 2.40. The van der Waals surface area contributed by atoms with Gasteiger partial charge in [0.15, 0.2) is 0 Å². The summed E-state index contributed by atoms with van der Waals surface area (Å²) in [7, 11) is 3.02. The van der Waals surface area contributed by atoms with E-state index in [9.17, 15) is 14.4 Å². The number of primary amides is 1. The summed E-state index contributed by atoms with van der Waals surface area (Å²) in [6, 6.07) is 12.2. The molecule has 0 unspecified atom stereocenters. The molecule has 0 bridgehead atoms. The second-order valence-electron chi connectivity index (χ2n) is 10.9. The maximum atomic E-state index is 13.2. The molecule has 15 heteroatoms. The molecule has 1 atom stereocenters. The molecule has 4 heterocycles. The molecule has 0 radical (unpaired) electrons. The van der Waals surface area contributed by atoms with Crippen molar-refractivity contribution >= 4 is 46.6 Å². The number of nitrogens with one attached hydrogen (secondary N) is 4. The second-order valence-corrected chi connectivity index (χ2v) is 11.6. The van der Waals surface area contributed by atoms with Crippen LogP contribution in [-0.2, 0) is 22.7 Å². The van der Waals surface area contributed by atoms with E-state index in [1.54, 1.807) is 37.6 Å². The van der Waals surface area contributed by atoms with E-state index in [0.717, 1.165) is 12.0 Å². The van der Waals surface area contributed by atoms with E-state index in [0.29, 0.717) is 69.9 Å². The number of pyridine rings is 3. The minimum absolute atomic E-state index is 0.0131. The van der Waals surface area contributed by atoms with Gasteiger partial charge in [-0.15, -0.1) is 0 Å². The van der Waals surface area contributed by atoms with Gasteiger partial charge >= 0.3 is 0 Å². The SMILES string of the molecule is COc1cc(C(=O)Nc2cccc(-c3nccc(-c4ccc(CNC[C@@H]5CCC(=O)N5)c(OC)n4)c3Cl)c2Cl)ncc1CNCC(N)=O. The molecule has 1 saturated heterocycles. The standard InChI is InChI=1S/C33H34Cl2N8O5/c1-47-26-12-25(40-15-19(26)14-38-17-27(36)44)32(46)42-24-5-3-4-22(29(24)34)31-30(35)21(10-11-39-31)23-8-6-18(33(43-23)48-2)13-37-16-20-7-9-28(45)41-20/h3-6,8,10-12,15,20,37-38H,7,9,13-14,16-17H2,1-2H3,(H2,36,44)(H,41,45)(H,42,46)/t20-/m0/s1. The normalized spacial score (nSPS) is 14.0. The zero-order valence-corrected chi connectivity index (χ0v) is 27.7. The van der Waals surface area contributed by atoms with Gasteiger partial charge in [-0.1, -0.05) is 41.4 Å². The fraction of sp³-hybridized carbons (Fsp3) is 0.273. The maximum absolute atomic E-state index is 13.2. The van der Waals surface area contributed by atoms with Crippen LogP contribution >= 0.6 is 23.2 Å². The highest BCUT2D eigenvalue weighted by molar-refractivity contribution is 6.39. The molecule has 3 aromatic heterocycles. The Morgan fingerprint density at radius 3 is 2.54 bits per heavy atom. The number of rotatable bonds is 14. The molecular formula is C33H34Cl2N8O5. The molecule has 1 aliphatic heterocycles. The van der Waals surface area contributed by atoms with Gasteiger partial charge in [-0.3, -0.25) is 24.4 Å². The van der Waals surface area contributed by atoms with Crippen molar-refractivity contribution in [3.05, 3.63) is 81.7 Å². The number of anilines is 1. The molecule has 3 amide bonds. The van der Waals surface area contributed by atoms with Crippen molar-refractivity contribution in [1.82, 2.24) is 30.9 Å². The lowest BCUT2D eigenvalue weighted by molar-refractivity contribution is -0.119. The van der Waals surface area contributed by atoms with E-state index in [1.807, 2.05) is 12.1 Å². The number of hydrogen-bond donors (Lipinski definition) is 5. The Morgan fingerprint density at radius 2 is 1.81 bits per heavy atom. The Bertz CT molecular complexity index is 1840. The number of nitrogens with two attached hydrogens (primary N) is 1. The summed E-state index contributed by atoms with van der Waals surface area (Å²) < 4.78 is 11.0. The number of aromatic nitrogens is 3. The van der Waals surface area contributed by atoms with Crippen LogP contribution in [0.3, 0.4) is 0 Å². The van der Waals surface area contributed by atoms with Crippen LogP contribution in [0.5, 0.6) is 11.6 Å². The van der Waals surface area contributed by atoms with Crippen molar-refractivity contribution in [2.75, 3.05) is 32.6 Å². The minimum atomic E-state index is -0.518. The van der Waals surface area contributed by atoms with E-state index in [4.69, 9.17) is 43.4 Å². The van der Waals surface area contributed by atoms with Crippen LogP contribution in [0.4, 0.5) is 5.69 Å². The van der Waals surface area contributed by atoms with Crippen molar-refractivity contribution in [2.45, 2.75) is 32.0 Å². The molecule has 5 rings (SSSR count). The van der Waals surface area contributed by atoms with Gasteiger partial charge in [0.1, 0.15) is 11.4 Å². The Hall–Kier alpha value is -4.82. The zero-order valence-electron chi connectivity index (χ0n) is 26.2. The number of methoxy groups -OCH3 is 2. The first kappa shape index (κ1) is 34.5. The lowest BCUT2D eigenvalue weighted by Crippen LogP contribution is -2.35.